The molecule has 1 aromatic rings. The summed E-state index contributed by atoms with van der Waals surface area (Å²) in [4.78, 5) is 11.1. The van der Waals surface area contributed by atoms with Gasteiger partial charge >= 0.3 is 5.97 Å². The van der Waals surface area contributed by atoms with Gasteiger partial charge in [-0.2, -0.15) is 0 Å². The number of phenolic OH excluding ortho intramolecular Hbond substituents is 1. The van der Waals surface area contributed by atoms with E-state index in [-0.39, 0.29) is 23.1 Å². The molecule has 0 saturated heterocycles. The van der Waals surface area contributed by atoms with Gasteiger partial charge in [-0.1, -0.05) is 11.6 Å². The Bertz CT molecular complexity index is 543. The molecule has 0 amide bonds. The normalized spacial score (nSPS) is 11.0. The van der Waals surface area contributed by atoms with E-state index < -0.39 is 21.7 Å². The van der Waals surface area contributed by atoms with Crippen molar-refractivity contribution >= 4 is 33.3 Å². The lowest BCUT2D eigenvalue weighted by atomic mass is 10.3. The molecule has 2 N–H and O–H groups in total. The zero-order chi connectivity index (χ0) is 13.8. The van der Waals surface area contributed by atoms with Crippen molar-refractivity contribution in [3.8, 4) is 5.75 Å². The molecule has 0 aliphatic carbocycles. The van der Waals surface area contributed by atoms with Gasteiger partial charge in [0, 0.05) is 6.07 Å². The summed E-state index contributed by atoms with van der Waals surface area (Å²) in [5, 5.41) is 9.40. The molecule has 0 saturated carbocycles. The van der Waals surface area contributed by atoms with E-state index in [1.165, 1.54) is 12.1 Å². The van der Waals surface area contributed by atoms with Crippen LogP contribution in [0, 0.1) is 0 Å². The van der Waals surface area contributed by atoms with E-state index in [1.807, 2.05) is 0 Å². The van der Waals surface area contributed by atoms with Crippen LogP contribution in [-0.4, -0.2) is 31.9 Å². The molecule has 8 heteroatoms. The van der Waals surface area contributed by atoms with Crippen molar-refractivity contribution in [2.24, 2.45) is 0 Å². The first kappa shape index (κ1) is 14.6. The summed E-state index contributed by atoms with van der Waals surface area (Å²) in [6.45, 7) is 1.69. The summed E-state index contributed by atoms with van der Waals surface area (Å²) >= 11 is 5.58. The summed E-state index contributed by atoms with van der Waals surface area (Å²) in [6.07, 6.45) is 0. The SMILES string of the molecule is CCOC(=O)CS(=O)(=O)Nc1ccc(Cl)c(O)c1. The number of anilines is 1. The van der Waals surface area contributed by atoms with Crippen molar-refractivity contribution in [2.45, 2.75) is 6.92 Å². The first-order valence-corrected chi connectivity index (χ1v) is 7.01. The number of benzene rings is 1. The van der Waals surface area contributed by atoms with Gasteiger partial charge in [-0.15, -0.1) is 0 Å². The molecule has 100 valence electrons. The van der Waals surface area contributed by atoms with Crippen LogP contribution in [-0.2, 0) is 19.6 Å². The van der Waals surface area contributed by atoms with E-state index in [9.17, 15) is 18.3 Å². The van der Waals surface area contributed by atoms with Gasteiger partial charge in [-0.05, 0) is 19.1 Å². The molecule has 0 bridgehead atoms. The van der Waals surface area contributed by atoms with Gasteiger partial charge < -0.3 is 9.84 Å². The van der Waals surface area contributed by atoms with Crippen LogP contribution in [0.4, 0.5) is 5.69 Å². The molecule has 0 aromatic heterocycles. The van der Waals surface area contributed by atoms with Crippen LogP contribution in [0.2, 0.25) is 5.02 Å². The monoisotopic (exact) mass is 293 g/mol. The number of rotatable bonds is 5. The number of halogens is 1. The fraction of sp³-hybridized carbons (Fsp3) is 0.300. The van der Waals surface area contributed by atoms with Crippen LogP contribution in [0.15, 0.2) is 18.2 Å². The first-order valence-electron chi connectivity index (χ1n) is 4.98. The molecule has 0 atom stereocenters. The van der Waals surface area contributed by atoms with Crippen molar-refractivity contribution in [1.82, 2.24) is 0 Å². The highest BCUT2D eigenvalue weighted by Crippen LogP contribution is 2.26. The zero-order valence-corrected chi connectivity index (χ0v) is 11.1. The number of phenols is 1. The Balaban J connectivity index is 2.76. The summed E-state index contributed by atoms with van der Waals surface area (Å²) in [5.41, 5.74) is 0.112. The standard InChI is InChI=1S/C10H12ClNO5S/c1-2-17-10(14)6-18(15,16)12-7-3-4-8(11)9(13)5-7/h3-5,12-13H,2,6H2,1H3. The highest BCUT2D eigenvalue weighted by Gasteiger charge is 2.17. The second-order valence-electron chi connectivity index (χ2n) is 3.33. The number of nitrogens with one attached hydrogen (secondary N) is 1. The van der Waals surface area contributed by atoms with Crippen LogP contribution in [0.1, 0.15) is 6.92 Å². The number of hydrogen-bond donors (Lipinski definition) is 2. The molecule has 0 aliphatic rings. The van der Waals surface area contributed by atoms with E-state index in [4.69, 9.17) is 11.6 Å². The maximum atomic E-state index is 11.6. The summed E-state index contributed by atoms with van der Waals surface area (Å²) in [6, 6.07) is 3.84. The second kappa shape index (κ2) is 5.92. The molecular formula is C10H12ClNO5S. The van der Waals surface area contributed by atoms with Crippen molar-refractivity contribution in [3.63, 3.8) is 0 Å². The Morgan fingerprint density at radius 2 is 2.17 bits per heavy atom. The van der Waals surface area contributed by atoms with Crippen molar-refractivity contribution < 1.29 is 23.1 Å². The number of carbonyl (C=O) groups is 1. The number of ether oxygens (including phenoxy) is 1. The lowest BCUT2D eigenvalue weighted by molar-refractivity contribution is -0.139. The Labute approximate surface area is 110 Å². The van der Waals surface area contributed by atoms with Crippen LogP contribution < -0.4 is 4.72 Å². The molecule has 0 unspecified atom stereocenters. The number of aromatic hydroxyl groups is 1. The molecule has 0 spiro atoms. The van der Waals surface area contributed by atoms with Crippen molar-refractivity contribution in [1.29, 1.82) is 0 Å². The highest BCUT2D eigenvalue weighted by molar-refractivity contribution is 7.93. The Kier molecular flexibility index (Phi) is 4.80. The van der Waals surface area contributed by atoms with Gasteiger partial charge in [-0.25, -0.2) is 8.42 Å². The van der Waals surface area contributed by atoms with Gasteiger partial charge in [0.25, 0.3) is 0 Å². The molecule has 0 aliphatic heterocycles. The van der Waals surface area contributed by atoms with Gasteiger partial charge in [0.15, 0.2) is 5.75 Å². The lowest BCUT2D eigenvalue weighted by Gasteiger charge is -2.08. The van der Waals surface area contributed by atoms with Crippen LogP contribution >= 0.6 is 11.6 Å². The number of hydrogen-bond acceptors (Lipinski definition) is 5. The van der Waals surface area contributed by atoms with Crippen LogP contribution in [0.25, 0.3) is 0 Å². The zero-order valence-electron chi connectivity index (χ0n) is 9.51. The third kappa shape index (κ3) is 4.42. The van der Waals surface area contributed by atoms with Crippen LogP contribution in [0.3, 0.4) is 0 Å². The van der Waals surface area contributed by atoms with E-state index in [0.29, 0.717) is 0 Å². The molecular weight excluding hydrogens is 282 g/mol. The number of sulfonamides is 1. The van der Waals surface area contributed by atoms with E-state index in [2.05, 4.69) is 9.46 Å². The average Bonchev–Trinajstić information content (AvgIpc) is 2.22. The van der Waals surface area contributed by atoms with E-state index in [1.54, 1.807) is 6.92 Å². The number of carbonyl (C=O) groups excluding carboxylic acids is 1. The Hall–Kier alpha value is -1.47. The van der Waals surface area contributed by atoms with Gasteiger partial charge in [0.2, 0.25) is 10.0 Å². The largest absolute Gasteiger partial charge is 0.506 e. The second-order valence-corrected chi connectivity index (χ2v) is 5.46. The molecule has 1 aromatic carbocycles. The molecule has 0 radical (unpaired) electrons. The number of esters is 1. The summed E-state index contributed by atoms with van der Waals surface area (Å²) in [5.74, 6) is -1.89. The third-order valence-electron chi connectivity index (χ3n) is 1.83. The van der Waals surface area contributed by atoms with Gasteiger partial charge in [-0.3, -0.25) is 9.52 Å². The Morgan fingerprint density at radius 1 is 1.50 bits per heavy atom. The maximum absolute atomic E-state index is 11.6. The Morgan fingerprint density at radius 3 is 2.72 bits per heavy atom. The minimum atomic E-state index is -3.86. The van der Waals surface area contributed by atoms with Gasteiger partial charge in [0.1, 0.15) is 5.75 Å². The van der Waals surface area contributed by atoms with Crippen LogP contribution in [0.5, 0.6) is 5.75 Å². The minimum absolute atomic E-state index is 0.100. The summed E-state index contributed by atoms with van der Waals surface area (Å²) in [7, 11) is -3.86. The quantitative estimate of drug-likeness (QED) is 0.799. The molecule has 0 heterocycles. The summed E-state index contributed by atoms with van der Waals surface area (Å²) < 4.78 is 29.8. The molecule has 1 rings (SSSR count). The molecule has 0 fully saturated rings. The lowest BCUT2D eigenvalue weighted by Crippen LogP contribution is -2.24. The predicted octanol–water partition coefficient (Wildman–Crippen LogP) is 1.35. The average molecular weight is 294 g/mol. The third-order valence-corrected chi connectivity index (χ3v) is 3.31. The molecule has 6 nitrogen and oxygen atoms in total. The maximum Gasteiger partial charge on any atom is 0.323 e. The van der Waals surface area contributed by atoms with Gasteiger partial charge in [0.05, 0.1) is 17.3 Å². The topological polar surface area (TPSA) is 92.7 Å². The van der Waals surface area contributed by atoms with E-state index >= 15 is 0 Å². The predicted molar refractivity (Wildman–Crippen MR) is 67.2 cm³/mol. The van der Waals surface area contributed by atoms with E-state index in [0.717, 1.165) is 6.07 Å². The smallest absolute Gasteiger partial charge is 0.323 e. The minimum Gasteiger partial charge on any atom is -0.506 e. The first-order chi connectivity index (χ1) is 8.34. The highest BCUT2D eigenvalue weighted by atomic mass is 35.5. The van der Waals surface area contributed by atoms with Crippen molar-refractivity contribution in [3.05, 3.63) is 23.2 Å². The fourth-order valence-corrected chi connectivity index (χ4v) is 2.22. The van der Waals surface area contributed by atoms with Crippen molar-refractivity contribution in [2.75, 3.05) is 17.1 Å². The fourth-order valence-electron chi connectivity index (χ4n) is 1.15. The molecule has 18 heavy (non-hydrogen) atoms.